The number of esters is 2. The molecule has 0 aliphatic carbocycles. The monoisotopic (exact) mass is 1000 g/mol. The van der Waals surface area contributed by atoms with Gasteiger partial charge in [0.25, 0.3) is 7.82 Å². The summed E-state index contributed by atoms with van der Waals surface area (Å²) < 4.78 is 34.2. The van der Waals surface area contributed by atoms with Crippen molar-refractivity contribution in [2.45, 2.75) is 251 Å². The number of quaternary nitrogens is 1. The van der Waals surface area contributed by atoms with Crippen LogP contribution in [-0.2, 0) is 32.7 Å². The quantitative estimate of drug-likeness (QED) is 0.0195. The first kappa shape index (κ1) is 67.5. The highest BCUT2D eigenvalue weighted by Gasteiger charge is 2.21. The summed E-state index contributed by atoms with van der Waals surface area (Å²) in [5.74, 6) is -0.837. The molecule has 0 amide bonds. The van der Waals surface area contributed by atoms with Gasteiger partial charge in [0.2, 0.25) is 0 Å². The van der Waals surface area contributed by atoms with Crippen LogP contribution in [0.5, 0.6) is 0 Å². The molecule has 0 fully saturated rings. The topological polar surface area (TPSA) is 111 Å². The Labute approximate surface area is 431 Å². The Morgan fingerprint density at radius 1 is 0.457 bits per heavy atom. The van der Waals surface area contributed by atoms with Crippen LogP contribution in [0.1, 0.15) is 245 Å². The van der Waals surface area contributed by atoms with Gasteiger partial charge < -0.3 is 27.9 Å². The minimum Gasteiger partial charge on any atom is -0.756 e. The van der Waals surface area contributed by atoms with Crippen LogP contribution >= 0.6 is 7.82 Å². The second kappa shape index (κ2) is 51.4. The third kappa shape index (κ3) is 54.8. The van der Waals surface area contributed by atoms with Gasteiger partial charge in [-0.3, -0.25) is 14.2 Å². The molecule has 406 valence electrons. The van der Waals surface area contributed by atoms with Gasteiger partial charge in [0, 0.05) is 12.8 Å². The molecule has 0 heterocycles. The Kier molecular flexibility index (Phi) is 49.5. The summed E-state index contributed by atoms with van der Waals surface area (Å²) in [6.07, 6.45) is 66.5. The summed E-state index contributed by atoms with van der Waals surface area (Å²) in [5.41, 5.74) is 0. The van der Waals surface area contributed by atoms with E-state index in [1.165, 1.54) is 135 Å². The van der Waals surface area contributed by atoms with Gasteiger partial charge in [-0.15, -0.1) is 0 Å². The number of ether oxygens (including phenoxy) is 2. The predicted molar refractivity (Wildman–Crippen MR) is 296 cm³/mol. The van der Waals surface area contributed by atoms with Crippen LogP contribution in [0.2, 0.25) is 0 Å². The summed E-state index contributed by atoms with van der Waals surface area (Å²) >= 11 is 0. The van der Waals surface area contributed by atoms with Crippen molar-refractivity contribution in [3.63, 3.8) is 0 Å². The summed E-state index contributed by atoms with van der Waals surface area (Å²) in [7, 11) is 1.16. The Hall–Kier alpha value is -2.55. The number of phosphoric acid groups is 1. The fourth-order valence-corrected chi connectivity index (χ4v) is 8.52. The molecule has 0 aromatic carbocycles. The highest BCUT2D eigenvalue weighted by molar-refractivity contribution is 7.45. The molecule has 0 bridgehead atoms. The van der Waals surface area contributed by atoms with Crippen molar-refractivity contribution >= 4 is 19.8 Å². The lowest BCUT2D eigenvalue weighted by molar-refractivity contribution is -0.870. The van der Waals surface area contributed by atoms with E-state index >= 15 is 0 Å². The third-order valence-corrected chi connectivity index (χ3v) is 13.2. The van der Waals surface area contributed by atoms with Gasteiger partial charge in [0.05, 0.1) is 27.7 Å². The Balaban J connectivity index is 4.19. The first-order valence-electron chi connectivity index (χ1n) is 28.6. The van der Waals surface area contributed by atoms with E-state index in [1.54, 1.807) is 0 Å². The van der Waals surface area contributed by atoms with E-state index in [1.807, 2.05) is 21.1 Å². The molecule has 0 spiro atoms. The Morgan fingerprint density at radius 2 is 0.814 bits per heavy atom. The second-order valence-corrected chi connectivity index (χ2v) is 21.7. The lowest BCUT2D eigenvalue weighted by Gasteiger charge is -2.28. The van der Waals surface area contributed by atoms with Crippen molar-refractivity contribution in [3.8, 4) is 0 Å². The molecule has 0 rings (SSSR count). The minimum absolute atomic E-state index is 0.0342. The average Bonchev–Trinajstić information content (AvgIpc) is 3.32. The SMILES string of the molecule is CC/C=C\C/C=C\C/C=C\C/C=C\CCCCCCCCCCCCCCC(=O)OC(COC(=O)CCCCCCCCCCC/C=C\C/C=C\CCCCCCC)COP(=O)([O-])OCC[N+](C)(C)C. The number of carbonyl (C=O) groups is 2. The number of unbranched alkanes of at least 4 members (excludes halogenated alkanes) is 26. The molecule has 0 aromatic heterocycles. The second-order valence-electron chi connectivity index (χ2n) is 20.3. The number of nitrogens with zero attached hydrogens (tertiary/aromatic N) is 1. The zero-order valence-corrected chi connectivity index (χ0v) is 46.8. The molecule has 0 saturated carbocycles. The molecule has 0 N–H and O–H groups in total. The van der Waals surface area contributed by atoms with Gasteiger partial charge in [-0.2, -0.15) is 0 Å². The van der Waals surface area contributed by atoms with E-state index in [-0.39, 0.29) is 32.0 Å². The van der Waals surface area contributed by atoms with Crippen LogP contribution < -0.4 is 4.89 Å². The van der Waals surface area contributed by atoms with Crippen molar-refractivity contribution < 1.29 is 42.1 Å². The molecule has 0 saturated heterocycles. The summed E-state index contributed by atoms with van der Waals surface area (Å²) in [6.45, 7) is 4.12. The molecule has 2 atom stereocenters. The van der Waals surface area contributed by atoms with Gasteiger partial charge in [-0.05, 0) is 83.5 Å². The van der Waals surface area contributed by atoms with E-state index in [0.717, 1.165) is 77.0 Å². The van der Waals surface area contributed by atoms with E-state index < -0.39 is 26.5 Å². The Morgan fingerprint density at radius 3 is 1.21 bits per heavy atom. The van der Waals surface area contributed by atoms with E-state index in [9.17, 15) is 19.0 Å². The maximum Gasteiger partial charge on any atom is 0.306 e. The molecule has 0 aliphatic rings. The number of carbonyl (C=O) groups excluding carboxylic acids is 2. The molecular formula is C60H108NO8P. The van der Waals surface area contributed by atoms with E-state index in [2.05, 4.69) is 86.8 Å². The van der Waals surface area contributed by atoms with E-state index in [0.29, 0.717) is 17.4 Å². The fourth-order valence-electron chi connectivity index (χ4n) is 7.80. The van der Waals surface area contributed by atoms with Crippen LogP contribution in [0.15, 0.2) is 72.9 Å². The van der Waals surface area contributed by atoms with Gasteiger partial charge in [-0.1, -0.05) is 222 Å². The highest BCUT2D eigenvalue weighted by Crippen LogP contribution is 2.38. The van der Waals surface area contributed by atoms with Crippen LogP contribution in [-0.4, -0.2) is 70.0 Å². The van der Waals surface area contributed by atoms with Gasteiger partial charge in [0.1, 0.15) is 19.8 Å². The number of allylic oxidation sites excluding steroid dienone is 12. The van der Waals surface area contributed by atoms with Gasteiger partial charge in [-0.25, -0.2) is 0 Å². The van der Waals surface area contributed by atoms with Gasteiger partial charge in [0.15, 0.2) is 6.10 Å². The Bertz CT molecular complexity index is 1410. The zero-order chi connectivity index (χ0) is 51.3. The molecule has 2 unspecified atom stereocenters. The molecule has 9 nitrogen and oxygen atoms in total. The summed E-state index contributed by atoms with van der Waals surface area (Å²) in [6, 6.07) is 0. The first-order valence-corrected chi connectivity index (χ1v) is 30.1. The number of rotatable bonds is 52. The predicted octanol–water partition coefficient (Wildman–Crippen LogP) is 17.1. The maximum absolute atomic E-state index is 12.8. The normalized spacial score (nSPS) is 13.9. The fraction of sp³-hybridized carbons (Fsp3) is 0.767. The van der Waals surface area contributed by atoms with Crippen molar-refractivity contribution in [2.75, 3.05) is 47.5 Å². The third-order valence-electron chi connectivity index (χ3n) is 12.2. The van der Waals surface area contributed by atoms with E-state index in [4.69, 9.17) is 18.5 Å². The number of hydrogen-bond donors (Lipinski definition) is 0. The largest absolute Gasteiger partial charge is 0.756 e. The van der Waals surface area contributed by atoms with Gasteiger partial charge >= 0.3 is 11.9 Å². The minimum atomic E-state index is -4.64. The number of hydrogen-bond acceptors (Lipinski definition) is 8. The standard InChI is InChI=1S/C60H108NO8P/c1-6-8-10-12-14-16-18-20-22-24-26-28-29-30-31-33-35-37-39-41-43-45-47-49-51-53-60(63)69-58(57-68-70(64,65)67-55-54-61(3,4)5)56-66-59(62)52-50-48-46-44-42-40-38-36-34-32-27-25-23-21-19-17-15-13-11-9-7-2/h8,10,14,16,19-22,25-28,58H,6-7,9,11-13,15,17-18,23-24,29-57H2,1-5H3/b10-8-,16-14-,21-19-,22-20-,27-25-,28-26-. The average molecular weight is 1000 g/mol. The summed E-state index contributed by atoms with van der Waals surface area (Å²) in [5, 5.41) is 0. The van der Waals surface area contributed by atoms with Crippen molar-refractivity contribution in [1.82, 2.24) is 0 Å². The zero-order valence-electron chi connectivity index (χ0n) is 46.0. The molecular weight excluding hydrogens is 894 g/mol. The number of likely N-dealkylation sites (N-methyl/N-ethyl adjacent to an activating group) is 1. The van der Waals surface area contributed by atoms with Crippen LogP contribution in [0.3, 0.4) is 0 Å². The molecule has 0 aromatic rings. The molecule has 0 radical (unpaired) electrons. The highest BCUT2D eigenvalue weighted by atomic mass is 31.2. The van der Waals surface area contributed by atoms with Crippen molar-refractivity contribution in [3.05, 3.63) is 72.9 Å². The molecule has 10 heteroatoms. The smallest absolute Gasteiger partial charge is 0.306 e. The number of phosphoric ester groups is 1. The maximum atomic E-state index is 12.8. The summed E-state index contributed by atoms with van der Waals surface area (Å²) in [4.78, 5) is 37.9. The van der Waals surface area contributed by atoms with Crippen molar-refractivity contribution in [2.24, 2.45) is 0 Å². The van der Waals surface area contributed by atoms with Crippen LogP contribution in [0, 0.1) is 0 Å². The van der Waals surface area contributed by atoms with Crippen molar-refractivity contribution in [1.29, 1.82) is 0 Å². The lowest BCUT2D eigenvalue weighted by atomic mass is 10.0. The van der Waals surface area contributed by atoms with Crippen LogP contribution in [0.4, 0.5) is 0 Å². The lowest BCUT2D eigenvalue weighted by Crippen LogP contribution is -2.37. The first-order chi connectivity index (χ1) is 34.0. The van der Waals surface area contributed by atoms with Crippen LogP contribution in [0.25, 0.3) is 0 Å². The molecule has 70 heavy (non-hydrogen) atoms. The molecule has 0 aliphatic heterocycles.